The average molecular weight is 271 g/mol. The Hall–Kier alpha value is 0.734. The predicted molar refractivity (Wildman–Crippen MR) is 54.4 cm³/mol. The Morgan fingerprint density at radius 1 is 1.43 bits per heavy atom. The van der Waals surface area contributed by atoms with Gasteiger partial charge in [-0.2, -0.15) is 6.92 Å². The monoisotopic (exact) mass is 271 g/mol. The maximum Gasteiger partial charge on any atom is 0.147 e. The zero-order valence-corrected chi connectivity index (χ0v) is 12.9. The van der Waals surface area contributed by atoms with Gasteiger partial charge in [-0.1, -0.05) is 13.8 Å². The van der Waals surface area contributed by atoms with Gasteiger partial charge in [-0.05, 0) is 20.9 Å². The second-order valence-electron chi connectivity index (χ2n) is 4.46. The van der Waals surface area contributed by atoms with Crippen LogP contribution in [0.15, 0.2) is 0 Å². The van der Waals surface area contributed by atoms with Crippen molar-refractivity contribution in [2.24, 2.45) is 5.92 Å². The number of Topliss-reactive ketones (excluding diaryl/α,β-unsaturated/α-hetero) is 1. The van der Waals surface area contributed by atoms with Crippen molar-refractivity contribution in [2.75, 3.05) is 7.05 Å². The van der Waals surface area contributed by atoms with Crippen molar-refractivity contribution in [3.05, 3.63) is 5.92 Å². The van der Waals surface area contributed by atoms with Crippen LogP contribution in [0.2, 0.25) is 0 Å². The Morgan fingerprint density at radius 3 is 2.00 bits per heavy atom. The van der Waals surface area contributed by atoms with Crippen LogP contribution >= 0.6 is 0 Å². The normalized spacial score (nSPS) is 39.6. The molecule has 1 aliphatic rings. The molecule has 0 bridgehead atoms. The van der Waals surface area contributed by atoms with Gasteiger partial charge >= 0.3 is 0 Å². The van der Waals surface area contributed by atoms with Crippen LogP contribution < -0.4 is 0 Å². The number of carbonyl (C=O) groups is 1. The third-order valence-corrected chi connectivity index (χ3v) is 4.21. The number of hydrogen-bond donors (Lipinski definition) is 0. The van der Waals surface area contributed by atoms with E-state index in [0.29, 0.717) is 12.0 Å². The number of nitrogens with zero attached hydrogens (tertiary/aromatic N) is 1. The zero-order chi connectivity index (χ0) is 10.4. The molecule has 0 amide bonds. The first kappa shape index (κ1) is 14.7. The van der Waals surface area contributed by atoms with E-state index < -0.39 is 0 Å². The Bertz CT molecular complexity index is 215. The summed E-state index contributed by atoms with van der Waals surface area (Å²) in [5, 5.41) is 0. The minimum atomic E-state index is -0.288. The Kier molecular flexibility index (Phi) is 4.96. The van der Waals surface area contributed by atoms with Crippen molar-refractivity contribution >= 4 is 5.78 Å². The molecule has 1 radical (unpaired) electrons. The number of rotatable bonds is 1. The van der Waals surface area contributed by atoms with E-state index in [1.165, 1.54) is 5.92 Å². The van der Waals surface area contributed by atoms with E-state index in [0.717, 1.165) is 0 Å². The maximum absolute atomic E-state index is 11.6. The number of likely N-dealkylation sites (N-methyl/N-ethyl adjacent to an activating group) is 1. The van der Waals surface area contributed by atoms with Gasteiger partial charge in [0.25, 0.3) is 0 Å². The first-order valence-electron chi connectivity index (χ1n) is 4.90. The summed E-state index contributed by atoms with van der Waals surface area (Å²) in [6.45, 7) is 10.2. The number of hydrogen-bond acceptors (Lipinski definition) is 2. The molecule has 0 aliphatic carbocycles. The molecule has 0 aromatic rings. The number of ketones is 1. The molecule has 14 heavy (non-hydrogen) atoms. The van der Waals surface area contributed by atoms with E-state index in [1.54, 1.807) is 6.92 Å². The molecule has 79 valence electrons. The first-order chi connectivity index (χ1) is 5.83. The number of carbonyl (C=O) groups excluding carboxylic acids is 1. The topological polar surface area (TPSA) is 20.3 Å². The first-order valence-corrected chi connectivity index (χ1v) is 4.90. The van der Waals surface area contributed by atoms with Gasteiger partial charge in [0.15, 0.2) is 0 Å². The van der Waals surface area contributed by atoms with E-state index in [2.05, 4.69) is 25.7 Å². The summed E-state index contributed by atoms with van der Waals surface area (Å²) in [4.78, 5) is 13.8. The zero-order valence-electron chi connectivity index (χ0n) is 10.1. The molecule has 3 heteroatoms. The van der Waals surface area contributed by atoms with Crippen molar-refractivity contribution in [3.8, 4) is 0 Å². The summed E-state index contributed by atoms with van der Waals surface area (Å²) in [6, 6.07) is 0.420. The molecule has 1 heterocycles. The van der Waals surface area contributed by atoms with Crippen LogP contribution in [0.4, 0.5) is 0 Å². The molecule has 0 aromatic heterocycles. The van der Waals surface area contributed by atoms with Crippen molar-refractivity contribution in [1.82, 2.24) is 4.90 Å². The van der Waals surface area contributed by atoms with Crippen molar-refractivity contribution < 1.29 is 37.5 Å². The minimum absolute atomic E-state index is 0. The molecule has 0 spiro atoms. The minimum Gasteiger partial charge on any atom is -0.323 e. The standard InChI is InChI=1S/C11H20NO.Y/c1-7-8(2)11(5,10(4)13)12(6)9(7)3;/h8-9H,1-6H3;/q-1;. The molecule has 0 aromatic carbocycles. The van der Waals surface area contributed by atoms with Gasteiger partial charge in [0.1, 0.15) is 5.78 Å². The van der Waals surface area contributed by atoms with Gasteiger partial charge < -0.3 is 4.90 Å². The maximum atomic E-state index is 11.6. The molecule has 1 saturated heterocycles. The van der Waals surface area contributed by atoms with E-state index in [1.807, 2.05) is 14.0 Å². The quantitative estimate of drug-likeness (QED) is 0.679. The van der Waals surface area contributed by atoms with E-state index in [9.17, 15) is 4.79 Å². The third kappa shape index (κ3) is 1.86. The van der Waals surface area contributed by atoms with Gasteiger partial charge in [-0.25, -0.2) is 0 Å². The van der Waals surface area contributed by atoms with E-state index >= 15 is 0 Å². The van der Waals surface area contributed by atoms with Crippen LogP contribution in [0.25, 0.3) is 0 Å². The molecule has 1 aliphatic heterocycles. The summed E-state index contributed by atoms with van der Waals surface area (Å²) in [5.74, 6) is 2.05. The number of likely N-dealkylation sites (tertiary alicyclic amines) is 1. The summed E-state index contributed by atoms with van der Waals surface area (Å²) < 4.78 is 0. The Labute approximate surface area is 113 Å². The molecule has 3 atom stereocenters. The van der Waals surface area contributed by atoms with E-state index in [-0.39, 0.29) is 44.0 Å². The summed E-state index contributed by atoms with van der Waals surface area (Å²) >= 11 is 0. The Morgan fingerprint density at radius 2 is 1.86 bits per heavy atom. The van der Waals surface area contributed by atoms with Crippen LogP contribution in [-0.4, -0.2) is 29.3 Å². The van der Waals surface area contributed by atoms with Gasteiger partial charge in [0, 0.05) is 38.2 Å². The average Bonchev–Trinajstić information content (AvgIpc) is 2.22. The fourth-order valence-electron chi connectivity index (χ4n) is 2.37. The Balaban J connectivity index is 0.00000169. The molecule has 1 rings (SSSR count). The van der Waals surface area contributed by atoms with Crippen molar-refractivity contribution in [3.63, 3.8) is 0 Å². The molecule has 3 unspecified atom stereocenters. The molecular weight excluding hydrogens is 251 g/mol. The molecule has 0 saturated carbocycles. The summed E-state index contributed by atoms with van der Waals surface area (Å²) in [5.41, 5.74) is -0.288. The largest absolute Gasteiger partial charge is 0.323 e. The third-order valence-electron chi connectivity index (χ3n) is 4.21. The fourth-order valence-corrected chi connectivity index (χ4v) is 2.37. The van der Waals surface area contributed by atoms with Crippen LogP contribution in [0, 0.1) is 11.8 Å². The van der Waals surface area contributed by atoms with Gasteiger partial charge in [0.2, 0.25) is 0 Å². The summed E-state index contributed by atoms with van der Waals surface area (Å²) in [6.07, 6.45) is 0. The second-order valence-corrected chi connectivity index (χ2v) is 4.46. The van der Waals surface area contributed by atoms with Crippen LogP contribution in [0.5, 0.6) is 0 Å². The second kappa shape index (κ2) is 4.71. The summed E-state index contributed by atoms with van der Waals surface area (Å²) in [7, 11) is 2.04. The SMILES string of the molecule is CC(=O)C1(C)C(C)[C-](C)C(C)N1C.[Y]. The van der Waals surface area contributed by atoms with Crippen LogP contribution in [0.1, 0.15) is 34.6 Å². The van der Waals surface area contributed by atoms with Gasteiger partial charge in [0.05, 0.1) is 0 Å². The molecule has 2 nitrogen and oxygen atoms in total. The van der Waals surface area contributed by atoms with Gasteiger partial charge in [-0.3, -0.25) is 10.7 Å². The molecule has 1 fully saturated rings. The molecular formula is C11H20NOY-. The van der Waals surface area contributed by atoms with Crippen molar-refractivity contribution in [2.45, 2.75) is 46.2 Å². The predicted octanol–water partition coefficient (Wildman–Crippen LogP) is 1.90. The fraction of sp³-hybridized carbons (Fsp3) is 0.818. The van der Waals surface area contributed by atoms with Crippen LogP contribution in [0.3, 0.4) is 0 Å². The molecule has 0 N–H and O–H groups in total. The smallest absolute Gasteiger partial charge is 0.147 e. The van der Waals surface area contributed by atoms with Crippen LogP contribution in [-0.2, 0) is 37.5 Å². The van der Waals surface area contributed by atoms with Crippen molar-refractivity contribution in [1.29, 1.82) is 0 Å². The van der Waals surface area contributed by atoms with Gasteiger partial charge in [-0.15, -0.1) is 12.0 Å². The van der Waals surface area contributed by atoms with E-state index in [4.69, 9.17) is 0 Å².